The molecule has 2 aromatic rings. The fourth-order valence-corrected chi connectivity index (χ4v) is 1.30. The molecule has 0 aliphatic heterocycles. The number of hydrogen-bond donors (Lipinski definition) is 0. The van der Waals surface area contributed by atoms with E-state index in [9.17, 15) is 0 Å². The maximum absolute atomic E-state index is 5.77. The second kappa shape index (κ2) is 2.28. The Hall–Kier alpha value is -0.950. The molecule has 2 heteroatoms. The molecule has 0 fully saturated rings. The van der Waals surface area contributed by atoms with Gasteiger partial charge in [-0.05, 0) is 31.2 Å². The average molecular weight is 167 g/mol. The molecule has 2 rings (SSSR count). The average Bonchev–Trinajstić information content (AvgIpc) is 2.27. The van der Waals surface area contributed by atoms with Crippen LogP contribution in [0.25, 0.3) is 11.0 Å². The first kappa shape index (κ1) is 6.74. The van der Waals surface area contributed by atoms with Gasteiger partial charge in [0.2, 0.25) is 0 Å². The monoisotopic (exact) mass is 166 g/mol. The molecule has 0 unspecified atom stereocenters. The molecule has 1 nitrogen and oxygen atoms in total. The first-order chi connectivity index (χ1) is 5.25. The number of halogens is 1. The minimum Gasteiger partial charge on any atom is -0.461 e. The van der Waals surface area contributed by atoms with Crippen LogP contribution in [-0.2, 0) is 0 Å². The summed E-state index contributed by atoms with van der Waals surface area (Å²) >= 11 is 5.77. The van der Waals surface area contributed by atoms with Crippen molar-refractivity contribution >= 4 is 22.6 Å². The van der Waals surface area contributed by atoms with Crippen LogP contribution in [0, 0.1) is 6.92 Å². The summed E-state index contributed by atoms with van der Waals surface area (Å²) in [5.41, 5.74) is 0.856. The summed E-state index contributed by atoms with van der Waals surface area (Å²) in [5.74, 6) is 0.919. The molecule has 0 aliphatic carbocycles. The molecule has 1 aromatic carbocycles. The van der Waals surface area contributed by atoms with Gasteiger partial charge in [-0.3, -0.25) is 0 Å². The molecule has 0 saturated heterocycles. The minimum absolute atomic E-state index is 0.715. The van der Waals surface area contributed by atoms with Gasteiger partial charge in [0.25, 0.3) is 0 Å². The number of benzene rings is 1. The molecular weight excluding hydrogens is 160 g/mol. The van der Waals surface area contributed by atoms with Gasteiger partial charge < -0.3 is 4.42 Å². The van der Waals surface area contributed by atoms with Gasteiger partial charge in [0.15, 0.2) is 0 Å². The largest absolute Gasteiger partial charge is 0.461 e. The van der Waals surface area contributed by atoms with Gasteiger partial charge in [0.05, 0.1) is 0 Å². The van der Waals surface area contributed by atoms with Gasteiger partial charge in [0.1, 0.15) is 11.3 Å². The van der Waals surface area contributed by atoms with Gasteiger partial charge in [-0.25, -0.2) is 0 Å². The molecule has 1 aromatic heterocycles. The van der Waals surface area contributed by atoms with Crippen LogP contribution in [0.1, 0.15) is 5.76 Å². The lowest BCUT2D eigenvalue weighted by Gasteiger charge is -1.87. The number of fused-ring (bicyclic) bond motifs is 1. The Morgan fingerprint density at radius 3 is 2.91 bits per heavy atom. The summed E-state index contributed by atoms with van der Waals surface area (Å²) in [5, 5.41) is 1.82. The summed E-state index contributed by atoms with van der Waals surface area (Å²) in [6, 6.07) is 7.63. The van der Waals surface area contributed by atoms with Crippen LogP contribution in [0.4, 0.5) is 0 Å². The fourth-order valence-electron chi connectivity index (χ4n) is 1.14. The normalized spacial score (nSPS) is 10.7. The Morgan fingerprint density at radius 1 is 1.27 bits per heavy atom. The first-order valence-electron chi connectivity index (χ1n) is 3.41. The van der Waals surface area contributed by atoms with Crippen molar-refractivity contribution in [2.75, 3.05) is 0 Å². The number of aryl methyl sites for hydroxylation is 1. The molecule has 0 radical (unpaired) electrons. The molecule has 1 heterocycles. The predicted octanol–water partition coefficient (Wildman–Crippen LogP) is 3.39. The molecule has 56 valence electrons. The van der Waals surface area contributed by atoms with Crippen molar-refractivity contribution in [3.8, 4) is 0 Å². The third kappa shape index (κ3) is 1.12. The van der Waals surface area contributed by atoms with Gasteiger partial charge in [-0.2, -0.15) is 0 Å². The number of hydrogen-bond acceptors (Lipinski definition) is 1. The quantitative estimate of drug-likeness (QED) is 0.585. The molecule has 0 amide bonds. The lowest BCUT2D eigenvalue weighted by Crippen LogP contribution is -1.62. The standard InChI is InChI=1S/C9H7ClO/c1-6-4-7-2-3-8(10)5-9(7)11-6/h2-5H,1H3. The van der Waals surface area contributed by atoms with E-state index < -0.39 is 0 Å². The molecule has 0 aliphatic rings. The molecule has 11 heavy (non-hydrogen) atoms. The Kier molecular flexibility index (Phi) is 1.40. The third-order valence-corrected chi connectivity index (χ3v) is 1.84. The highest BCUT2D eigenvalue weighted by Crippen LogP contribution is 2.22. The van der Waals surface area contributed by atoms with Crippen LogP contribution in [-0.4, -0.2) is 0 Å². The van der Waals surface area contributed by atoms with E-state index in [1.165, 1.54) is 0 Å². The van der Waals surface area contributed by atoms with Crippen molar-refractivity contribution in [3.05, 3.63) is 35.0 Å². The van der Waals surface area contributed by atoms with Gasteiger partial charge >= 0.3 is 0 Å². The van der Waals surface area contributed by atoms with Gasteiger partial charge in [0, 0.05) is 10.4 Å². The highest BCUT2D eigenvalue weighted by molar-refractivity contribution is 6.31. The van der Waals surface area contributed by atoms with E-state index in [-0.39, 0.29) is 0 Å². The van der Waals surface area contributed by atoms with E-state index in [2.05, 4.69) is 0 Å². The van der Waals surface area contributed by atoms with Crippen molar-refractivity contribution in [1.82, 2.24) is 0 Å². The topological polar surface area (TPSA) is 13.1 Å². The molecule has 0 atom stereocenters. The van der Waals surface area contributed by atoms with Crippen molar-refractivity contribution in [2.24, 2.45) is 0 Å². The minimum atomic E-state index is 0.715. The zero-order chi connectivity index (χ0) is 7.84. The summed E-state index contributed by atoms with van der Waals surface area (Å²) in [4.78, 5) is 0. The van der Waals surface area contributed by atoms with Crippen LogP contribution < -0.4 is 0 Å². The number of rotatable bonds is 0. The third-order valence-electron chi connectivity index (χ3n) is 1.61. The van der Waals surface area contributed by atoms with Crippen LogP contribution >= 0.6 is 11.6 Å². The molecule has 0 N–H and O–H groups in total. The van der Waals surface area contributed by atoms with Gasteiger partial charge in [-0.1, -0.05) is 11.6 Å². The number of furan rings is 1. The van der Waals surface area contributed by atoms with E-state index in [1.807, 2.05) is 31.2 Å². The van der Waals surface area contributed by atoms with Crippen molar-refractivity contribution < 1.29 is 4.42 Å². The highest BCUT2D eigenvalue weighted by Gasteiger charge is 1.98. The fraction of sp³-hybridized carbons (Fsp3) is 0.111. The Labute approximate surface area is 69.6 Å². The van der Waals surface area contributed by atoms with E-state index in [0.717, 1.165) is 16.7 Å². The Bertz CT molecular complexity index is 389. The maximum Gasteiger partial charge on any atom is 0.135 e. The highest BCUT2D eigenvalue weighted by atomic mass is 35.5. The van der Waals surface area contributed by atoms with Crippen LogP contribution in [0.5, 0.6) is 0 Å². The second-order valence-electron chi connectivity index (χ2n) is 2.54. The molecule has 0 bridgehead atoms. The van der Waals surface area contributed by atoms with E-state index in [1.54, 1.807) is 0 Å². The van der Waals surface area contributed by atoms with E-state index in [0.29, 0.717) is 5.02 Å². The lowest BCUT2D eigenvalue weighted by atomic mass is 10.2. The van der Waals surface area contributed by atoms with Crippen LogP contribution in [0.2, 0.25) is 5.02 Å². The summed E-state index contributed by atoms with van der Waals surface area (Å²) in [6.45, 7) is 1.92. The second-order valence-corrected chi connectivity index (χ2v) is 2.98. The summed E-state index contributed by atoms with van der Waals surface area (Å²) in [6.07, 6.45) is 0. The van der Waals surface area contributed by atoms with E-state index >= 15 is 0 Å². The smallest absolute Gasteiger partial charge is 0.135 e. The zero-order valence-corrected chi connectivity index (χ0v) is 6.85. The summed E-state index contributed by atoms with van der Waals surface area (Å²) in [7, 11) is 0. The molecule has 0 saturated carbocycles. The zero-order valence-electron chi connectivity index (χ0n) is 6.10. The first-order valence-corrected chi connectivity index (χ1v) is 3.79. The predicted molar refractivity (Wildman–Crippen MR) is 46.0 cm³/mol. The molecule has 0 spiro atoms. The summed E-state index contributed by atoms with van der Waals surface area (Å²) < 4.78 is 5.36. The van der Waals surface area contributed by atoms with Crippen molar-refractivity contribution in [2.45, 2.75) is 6.92 Å². The Balaban J connectivity index is 2.82. The SMILES string of the molecule is Cc1cc2ccc(Cl)cc2o1. The van der Waals surface area contributed by atoms with Gasteiger partial charge in [-0.15, -0.1) is 0 Å². The van der Waals surface area contributed by atoms with Crippen molar-refractivity contribution in [3.63, 3.8) is 0 Å². The lowest BCUT2D eigenvalue weighted by molar-refractivity contribution is 0.578. The van der Waals surface area contributed by atoms with E-state index in [4.69, 9.17) is 16.0 Å². The van der Waals surface area contributed by atoms with Crippen molar-refractivity contribution in [1.29, 1.82) is 0 Å². The van der Waals surface area contributed by atoms with Crippen LogP contribution in [0.15, 0.2) is 28.7 Å². The van der Waals surface area contributed by atoms with Crippen LogP contribution in [0.3, 0.4) is 0 Å². The molecular formula is C9H7ClO. The maximum atomic E-state index is 5.77. The Morgan fingerprint density at radius 2 is 2.09 bits per heavy atom.